The Labute approximate surface area is 114 Å². The Bertz CT molecular complexity index is 598. The molecule has 2 aromatic rings. The molecule has 0 aliphatic heterocycles. The van der Waals surface area contributed by atoms with Crippen LogP contribution in [0.5, 0.6) is 17.2 Å². The van der Waals surface area contributed by atoms with Crippen LogP contribution in [0.2, 0.25) is 5.02 Å². The van der Waals surface area contributed by atoms with Gasteiger partial charge in [-0.25, -0.2) is 0 Å². The van der Waals surface area contributed by atoms with Gasteiger partial charge in [0.25, 0.3) is 0 Å². The lowest BCUT2D eigenvalue weighted by Gasteiger charge is -2.07. The minimum Gasteiger partial charge on any atom is -0.490 e. The van der Waals surface area contributed by atoms with Crippen LogP contribution in [0.1, 0.15) is 0 Å². The molecule has 0 atom stereocenters. The summed E-state index contributed by atoms with van der Waals surface area (Å²) in [6, 6.07) is 11.1. The highest BCUT2D eigenvalue weighted by Crippen LogP contribution is 2.33. The topological polar surface area (TPSA) is 61.6 Å². The third-order valence-electron chi connectivity index (χ3n) is 2.40. The molecule has 0 bridgehead atoms. The maximum atomic E-state index is 10.9. The molecule has 0 amide bonds. The van der Waals surface area contributed by atoms with Crippen molar-refractivity contribution in [3.63, 3.8) is 0 Å². The summed E-state index contributed by atoms with van der Waals surface area (Å²) in [6.45, 7) is 0. The highest BCUT2D eigenvalue weighted by atomic mass is 35.5. The van der Waals surface area contributed by atoms with Gasteiger partial charge in [0.2, 0.25) is 0 Å². The fraction of sp³-hybridized carbons (Fsp3) is 0.0769. The smallest absolute Gasteiger partial charge is 0.314 e. The van der Waals surface area contributed by atoms with Gasteiger partial charge in [-0.15, -0.1) is 0 Å². The number of nitro benzene ring substituents is 1. The molecule has 0 heterocycles. The van der Waals surface area contributed by atoms with Crippen molar-refractivity contribution in [1.29, 1.82) is 0 Å². The van der Waals surface area contributed by atoms with E-state index in [-0.39, 0.29) is 11.4 Å². The average molecular weight is 280 g/mol. The number of nitrogens with zero attached hydrogens (tertiary/aromatic N) is 1. The number of methoxy groups -OCH3 is 1. The molecule has 6 heteroatoms. The van der Waals surface area contributed by atoms with Gasteiger partial charge in [-0.3, -0.25) is 10.1 Å². The van der Waals surface area contributed by atoms with Crippen molar-refractivity contribution in [2.24, 2.45) is 0 Å². The van der Waals surface area contributed by atoms with Crippen molar-refractivity contribution >= 4 is 17.3 Å². The van der Waals surface area contributed by atoms with Crippen LogP contribution in [-0.2, 0) is 0 Å². The molecular weight excluding hydrogens is 270 g/mol. The second-order valence-corrected chi connectivity index (χ2v) is 4.08. The predicted octanol–water partition coefficient (Wildman–Crippen LogP) is 4.05. The summed E-state index contributed by atoms with van der Waals surface area (Å²) in [7, 11) is 1.38. The van der Waals surface area contributed by atoms with Gasteiger partial charge in [-0.2, -0.15) is 0 Å². The molecule has 0 unspecified atom stereocenters. The number of benzene rings is 2. The Morgan fingerprint density at radius 3 is 2.32 bits per heavy atom. The molecule has 0 aromatic heterocycles. The van der Waals surface area contributed by atoms with E-state index in [1.165, 1.54) is 19.2 Å². The summed E-state index contributed by atoms with van der Waals surface area (Å²) < 4.78 is 10.4. The van der Waals surface area contributed by atoms with E-state index in [1.54, 1.807) is 30.3 Å². The number of rotatable bonds is 4. The Morgan fingerprint density at radius 1 is 1.11 bits per heavy atom. The van der Waals surface area contributed by atoms with E-state index in [9.17, 15) is 10.1 Å². The fourth-order valence-electron chi connectivity index (χ4n) is 1.51. The van der Waals surface area contributed by atoms with E-state index in [1.807, 2.05) is 0 Å². The Morgan fingerprint density at radius 2 is 1.74 bits per heavy atom. The molecule has 0 spiro atoms. The molecule has 0 fully saturated rings. The van der Waals surface area contributed by atoms with Crippen LogP contribution >= 0.6 is 11.6 Å². The summed E-state index contributed by atoms with van der Waals surface area (Å²) in [6.07, 6.45) is 0. The molecule has 0 saturated heterocycles. The Hall–Kier alpha value is -2.27. The highest BCUT2D eigenvalue weighted by Gasteiger charge is 2.15. The average Bonchev–Trinajstić information content (AvgIpc) is 2.41. The van der Waals surface area contributed by atoms with E-state index in [0.29, 0.717) is 16.5 Å². The number of halogens is 1. The number of hydrogen-bond acceptors (Lipinski definition) is 4. The minimum absolute atomic E-state index is 0.144. The van der Waals surface area contributed by atoms with E-state index < -0.39 is 4.92 Å². The zero-order chi connectivity index (χ0) is 13.8. The molecule has 5 nitrogen and oxygen atoms in total. The first-order valence-corrected chi connectivity index (χ1v) is 5.74. The summed E-state index contributed by atoms with van der Waals surface area (Å²) in [5.41, 5.74) is -0.144. The van der Waals surface area contributed by atoms with Crippen LogP contribution in [0.15, 0.2) is 42.5 Å². The number of hydrogen-bond donors (Lipinski definition) is 0. The second-order valence-electron chi connectivity index (χ2n) is 3.65. The van der Waals surface area contributed by atoms with Gasteiger partial charge >= 0.3 is 5.69 Å². The SMILES string of the molecule is COc1ccc(Oc2ccc(Cl)cc2)cc1[N+](=O)[O-]. The molecule has 0 N–H and O–H groups in total. The molecule has 0 aliphatic carbocycles. The summed E-state index contributed by atoms with van der Waals surface area (Å²) in [5.74, 6) is 1.09. The molecule has 98 valence electrons. The highest BCUT2D eigenvalue weighted by molar-refractivity contribution is 6.30. The zero-order valence-electron chi connectivity index (χ0n) is 10.00. The minimum atomic E-state index is -0.520. The first-order chi connectivity index (χ1) is 9.10. The van der Waals surface area contributed by atoms with E-state index >= 15 is 0 Å². The van der Waals surface area contributed by atoms with E-state index in [2.05, 4.69) is 0 Å². The molecule has 0 aliphatic rings. The normalized spacial score (nSPS) is 10.0. The molecule has 2 aromatic carbocycles. The van der Waals surface area contributed by atoms with Crippen molar-refractivity contribution in [2.75, 3.05) is 7.11 Å². The molecule has 19 heavy (non-hydrogen) atoms. The van der Waals surface area contributed by atoms with Gasteiger partial charge < -0.3 is 9.47 Å². The molecule has 0 saturated carbocycles. The zero-order valence-corrected chi connectivity index (χ0v) is 10.8. The first kappa shape index (κ1) is 13.2. The van der Waals surface area contributed by atoms with Gasteiger partial charge in [0.15, 0.2) is 5.75 Å². The van der Waals surface area contributed by atoms with Crippen molar-refractivity contribution in [1.82, 2.24) is 0 Å². The van der Waals surface area contributed by atoms with E-state index in [4.69, 9.17) is 21.1 Å². The van der Waals surface area contributed by atoms with Crippen LogP contribution < -0.4 is 9.47 Å². The number of nitro groups is 1. The van der Waals surface area contributed by atoms with Gasteiger partial charge in [0, 0.05) is 5.02 Å². The quantitative estimate of drug-likeness (QED) is 0.626. The Balaban J connectivity index is 2.28. The standard InChI is InChI=1S/C13H10ClNO4/c1-18-13-7-6-11(8-12(13)15(16)17)19-10-4-2-9(14)3-5-10/h2-8H,1H3. The lowest BCUT2D eigenvalue weighted by Crippen LogP contribution is -1.94. The third kappa shape index (κ3) is 3.14. The second kappa shape index (κ2) is 5.58. The van der Waals surface area contributed by atoms with Crippen molar-refractivity contribution in [2.45, 2.75) is 0 Å². The largest absolute Gasteiger partial charge is 0.490 e. The monoisotopic (exact) mass is 279 g/mol. The maximum absolute atomic E-state index is 10.9. The summed E-state index contributed by atoms with van der Waals surface area (Å²) in [5, 5.41) is 11.5. The van der Waals surface area contributed by atoms with Gasteiger partial charge in [-0.1, -0.05) is 11.6 Å². The fourth-order valence-corrected chi connectivity index (χ4v) is 1.64. The van der Waals surface area contributed by atoms with Crippen molar-refractivity contribution in [3.05, 3.63) is 57.6 Å². The van der Waals surface area contributed by atoms with Crippen LogP contribution in [0.25, 0.3) is 0 Å². The summed E-state index contributed by atoms with van der Waals surface area (Å²) >= 11 is 5.76. The van der Waals surface area contributed by atoms with Gasteiger partial charge in [0.1, 0.15) is 11.5 Å². The molecule has 0 radical (unpaired) electrons. The predicted molar refractivity (Wildman–Crippen MR) is 71.2 cm³/mol. The van der Waals surface area contributed by atoms with Crippen LogP contribution in [-0.4, -0.2) is 12.0 Å². The first-order valence-electron chi connectivity index (χ1n) is 5.36. The molecule has 2 rings (SSSR count). The van der Waals surface area contributed by atoms with E-state index in [0.717, 1.165) is 0 Å². The van der Waals surface area contributed by atoms with Crippen LogP contribution in [0.3, 0.4) is 0 Å². The lowest BCUT2D eigenvalue weighted by atomic mass is 10.2. The van der Waals surface area contributed by atoms with Crippen LogP contribution in [0.4, 0.5) is 5.69 Å². The maximum Gasteiger partial charge on any atom is 0.314 e. The van der Waals surface area contributed by atoms with Crippen LogP contribution in [0, 0.1) is 10.1 Å². The number of ether oxygens (including phenoxy) is 2. The van der Waals surface area contributed by atoms with Crippen molar-refractivity contribution in [3.8, 4) is 17.2 Å². The third-order valence-corrected chi connectivity index (χ3v) is 2.65. The summed E-state index contributed by atoms with van der Waals surface area (Å²) in [4.78, 5) is 10.4. The molecular formula is C13H10ClNO4. The lowest BCUT2D eigenvalue weighted by molar-refractivity contribution is -0.385. The van der Waals surface area contributed by atoms with Gasteiger partial charge in [-0.05, 0) is 36.4 Å². The van der Waals surface area contributed by atoms with Crippen molar-refractivity contribution < 1.29 is 14.4 Å². The van der Waals surface area contributed by atoms with Gasteiger partial charge in [0.05, 0.1) is 18.1 Å². The Kier molecular flexibility index (Phi) is 3.87.